The number of urea groups is 1. The van der Waals surface area contributed by atoms with E-state index in [2.05, 4.69) is 17.2 Å². The number of benzene rings is 1. The van der Waals surface area contributed by atoms with Gasteiger partial charge in [-0.3, -0.25) is 0 Å². The molecule has 0 saturated heterocycles. The summed E-state index contributed by atoms with van der Waals surface area (Å²) in [6, 6.07) is 6.80. The molecule has 1 aliphatic rings. The fourth-order valence-electron chi connectivity index (χ4n) is 2.19. The first-order chi connectivity index (χ1) is 10.0. The number of nitrogens with one attached hydrogen (secondary N) is 2. The summed E-state index contributed by atoms with van der Waals surface area (Å²) in [6.07, 6.45) is 1.50. The number of aryl methyl sites for hydroxylation is 1. The zero-order chi connectivity index (χ0) is 15.4. The molecular weight excluding hydrogens is 268 g/mol. The van der Waals surface area contributed by atoms with Crippen molar-refractivity contribution in [3.63, 3.8) is 0 Å². The third kappa shape index (κ3) is 3.31. The molecule has 2 rings (SSSR count). The zero-order valence-corrected chi connectivity index (χ0v) is 12.1. The molecule has 21 heavy (non-hydrogen) atoms. The standard InChI is InChI=1S/C16H18N2O3/c1-4-9-21-15(19)13-11(3)17-16(20)18-14(13)12-7-5-10(2)6-8-12/h4-8,14H,1,9H2,2-3H3,(H2,17,18,20). The van der Waals surface area contributed by atoms with Crippen molar-refractivity contribution >= 4 is 12.0 Å². The lowest BCUT2D eigenvalue weighted by atomic mass is 9.95. The van der Waals surface area contributed by atoms with Crippen molar-refractivity contribution in [2.24, 2.45) is 0 Å². The van der Waals surface area contributed by atoms with Gasteiger partial charge >= 0.3 is 12.0 Å². The average Bonchev–Trinajstić information content (AvgIpc) is 2.44. The molecule has 2 amide bonds. The fourth-order valence-corrected chi connectivity index (χ4v) is 2.19. The number of allylic oxidation sites excluding steroid dienone is 1. The highest BCUT2D eigenvalue weighted by atomic mass is 16.5. The molecule has 0 saturated carbocycles. The molecule has 110 valence electrons. The Kier molecular flexibility index (Phi) is 4.42. The number of esters is 1. The maximum absolute atomic E-state index is 12.2. The van der Waals surface area contributed by atoms with Gasteiger partial charge in [0.25, 0.3) is 0 Å². The molecule has 1 heterocycles. The molecule has 1 unspecified atom stereocenters. The molecule has 0 aliphatic carbocycles. The van der Waals surface area contributed by atoms with Gasteiger partial charge in [0.1, 0.15) is 6.61 Å². The summed E-state index contributed by atoms with van der Waals surface area (Å²) in [7, 11) is 0. The first kappa shape index (κ1) is 14.8. The molecule has 1 aromatic rings. The summed E-state index contributed by atoms with van der Waals surface area (Å²) in [4.78, 5) is 23.9. The number of carbonyl (C=O) groups is 2. The second-order valence-electron chi connectivity index (χ2n) is 4.87. The number of hydrogen-bond acceptors (Lipinski definition) is 3. The van der Waals surface area contributed by atoms with Crippen LogP contribution in [0.25, 0.3) is 0 Å². The van der Waals surface area contributed by atoms with Crippen LogP contribution < -0.4 is 10.6 Å². The quantitative estimate of drug-likeness (QED) is 0.659. The predicted octanol–water partition coefficient (Wildman–Crippen LogP) is 2.35. The fraction of sp³-hybridized carbons (Fsp3) is 0.250. The van der Waals surface area contributed by atoms with Crippen molar-refractivity contribution in [2.75, 3.05) is 6.61 Å². The van der Waals surface area contributed by atoms with E-state index in [1.807, 2.05) is 31.2 Å². The number of amides is 2. The Hall–Kier alpha value is -2.56. The van der Waals surface area contributed by atoms with Gasteiger partial charge in [0.2, 0.25) is 0 Å². The maximum Gasteiger partial charge on any atom is 0.338 e. The Bertz CT molecular complexity index is 602. The second kappa shape index (κ2) is 6.26. The Balaban J connectivity index is 2.37. The molecule has 5 nitrogen and oxygen atoms in total. The Labute approximate surface area is 123 Å². The topological polar surface area (TPSA) is 67.4 Å². The zero-order valence-electron chi connectivity index (χ0n) is 12.1. The van der Waals surface area contributed by atoms with Gasteiger partial charge in [0.15, 0.2) is 0 Å². The van der Waals surface area contributed by atoms with Crippen molar-refractivity contribution in [3.8, 4) is 0 Å². The summed E-state index contributed by atoms with van der Waals surface area (Å²) < 4.78 is 5.11. The summed E-state index contributed by atoms with van der Waals surface area (Å²) >= 11 is 0. The van der Waals surface area contributed by atoms with E-state index < -0.39 is 12.0 Å². The third-order valence-corrected chi connectivity index (χ3v) is 3.23. The summed E-state index contributed by atoms with van der Waals surface area (Å²) in [5, 5.41) is 5.36. The number of hydrogen-bond donors (Lipinski definition) is 2. The van der Waals surface area contributed by atoms with Gasteiger partial charge < -0.3 is 15.4 Å². The molecule has 0 radical (unpaired) electrons. The number of carbonyl (C=O) groups excluding carboxylic acids is 2. The van der Waals surface area contributed by atoms with Crippen LogP contribution in [-0.2, 0) is 9.53 Å². The van der Waals surface area contributed by atoms with Crippen molar-refractivity contribution in [1.82, 2.24) is 10.6 Å². The van der Waals surface area contributed by atoms with Gasteiger partial charge in [-0.05, 0) is 19.4 Å². The monoisotopic (exact) mass is 286 g/mol. The largest absolute Gasteiger partial charge is 0.458 e. The van der Waals surface area contributed by atoms with Crippen molar-refractivity contribution in [3.05, 3.63) is 59.3 Å². The van der Waals surface area contributed by atoms with Gasteiger partial charge in [0.05, 0.1) is 11.6 Å². The molecule has 5 heteroatoms. The van der Waals surface area contributed by atoms with Crippen molar-refractivity contribution in [2.45, 2.75) is 19.9 Å². The van der Waals surface area contributed by atoms with Crippen molar-refractivity contribution < 1.29 is 14.3 Å². The van der Waals surface area contributed by atoms with E-state index in [1.54, 1.807) is 6.92 Å². The average molecular weight is 286 g/mol. The highest BCUT2D eigenvalue weighted by Crippen LogP contribution is 2.27. The van der Waals surface area contributed by atoms with Crippen LogP contribution in [0, 0.1) is 6.92 Å². The van der Waals surface area contributed by atoms with Gasteiger partial charge in [0, 0.05) is 5.70 Å². The van der Waals surface area contributed by atoms with E-state index in [0.29, 0.717) is 11.3 Å². The van der Waals surface area contributed by atoms with Crippen molar-refractivity contribution in [1.29, 1.82) is 0 Å². The second-order valence-corrected chi connectivity index (χ2v) is 4.87. The van der Waals surface area contributed by atoms with Crippen LogP contribution in [0.3, 0.4) is 0 Å². The lowest BCUT2D eigenvalue weighted by molar-refractivity contribution is -0.138. The molecule has 0 aromatic heterocycles. The molecule has 1 aromatic carbocycles. The van der Waals surface area contributed by atoms with Crippen LogP contribution in [-0.4, -0.2) is 18.6 Å². The third-order valence-electron chi connectivity index (χ3n) is 3.23. The van der Waals surface area contributed by atoms with Crippen LogP contribution in [0.15, 0.2) is 48.2 Å². The van der Waals surface area contributed by atoms with Crippen LogP contribution >= 0.6 is 0 Å². The van der Waals surface area contributed by atoms with Gasteiger partial charge in [-0.1, -0.05) is 42.5 Å². The highest BCUT2D eigenvalue weighted by molar-refractivity contribution is 5.95. The maximum atomic E-state index is 12.2. The molecule has 0 bridgehead atoms. The van der Waals surface area contributed by atoms with Gasteiger partial charge in [-0.15, -0.1) is 0 Å². The van der Waals surface area contributed by atoms with Gasteiger partial charge in [-0.25, -0.2) is 9.59 Å². The van der Waals surface area contributed by atoms with E-state index in [9.17, 15) is 9.59 Å². The van der Waals surface area contributed by atoms with Crippen LogP contribution in [0.4, 0.5) is 4.79 Å². The minimum absolute atomic E-state index is 0.129. The first-order valence-corrected chi connectivity index (χ1v) is 6.65. The van der Waals surface area contributed by atoms with Crippen LogP contribution in [0.2, 0.25) is 0 Å². The molecule has 1 aliphatic heterocycles. The lowest BCUT2D eigenvalue weighted by Crippen LogP contribution is -2.45. The predicted molar refractivity (Wildman–Crippen MR) is 79.4 cm³/mol. The molecule has 2 N–H and O–H groups in total. The molecule has 0 spiro atoms. The Morgan fingerprint density at radius 1 is 1.33 bits per heavy atom. The van der Waals surface area contributed by atoms with E-state index in [1.165, 1.54) is 6.08 Å². The van der Waals surface area contributed by atoms with Crippen LogP contribution in [0.1, 0.15) is 24.1 Å². The normalized spacial score (nSPS) is 17.8. The number of rotatable bonds is 4. The van der Waals surface area contributed by atoms with Gasteiger partial charge in [-0.2, -0.15) is 0 Å². The SMILES string of the molecule is C=CCOC(=O)C1=C(C)NC(=O)NC1c1ccc(C)cc1. The summed E-state index contributed by atoms with van der Waals surface area (Å²) in [5.41, 5.74) is 2.84. The summed E-state index contributed by atoms with van der Waals surface area (Å²) in [6.45, 7) is 7.31. The molecule has 1 atom stereocenters. The van der Waals surface area contributed by atoms with E-state index in [0.717, 1.165) is 11.1 Å². The Morgan fingerprint density at radius 2 is 2.00 bits per heavy atom. The van der Waals surface area contributed by atoms with E-state index in [4.69, 9.17) is 4.74 Å². The van der Waals surface area contributed by atoms with Crippen LogP contribution in [0.5, 0.6) is 0 Å². The smallest absolute Gasteiger partial charge is 0.338 e. The minimum atomic E-state index is -0.517. The van der Waals surface area contributed by atoms with E-state index in [-0.39, 0.29) is 12.6 Å². The highest BCUT2D eigenvalue weighted by Gasteiger charge is 2.31. The lowest BCUT2D eigenvalue weighted by Gasteiger charge is -2.28. The Morgan fingerprint density at radius 3 is 2.62 bits per heavy atom. The molecule has 0 fully saturated rings. The molecular formula is C16H18N2O3. The first-order valence-electron chi connectivity index (χ1n) is 6.65. The summed E-state index contributed by atoms with van der Waals surface area (Å²) in [5.74, 6) is -0.467. The number of ether oxygens (including phenoxy) is 1. The minimum Gasteiger partial charge on any atom is -0.458 e. The van der Waals surface area contributed by atoms with E-state index >= 15 is 0 Å².